The van der Waals surface area contributed by atoms with E-state index in [1.54, 1.807) is 43.6 Å². The Hall–Kier alpha value is -2.87. The van der Waals surface area contributed by atoms with E-state index in [1.807, 2.05) is 6.07 Å². The number of ether oxygens (including phenoxy) is 2. The standard InChI is InChI=1S/C25H26F2N2O3/c1-31-24-11-2-16(14-29-24)13-28-21-15-32-23(12-22(21)30)25(17-3-7-19(26)8-4-17)18-5-9-20(27)10-6-18/h2-11,14,21-23,25,28,30H,12-13,15H2,1H3/t21-,22-,23+/m1/s1. The van der Waals surface area contributed by atoms with Gasteiger partial charge in [-0.15, -0.1) is 0 Å². The molecule has 1 aliphatic rings. The van der Waals surface area contributed by atoms with E-state index in [9.17, 15) is 13.9 Å². The molecule has 1 aliphatic heterocycles. The van der Waals surface area contributed by atoms with Gasteiger partial charge in [0.1, 0.15) is 11.6 Å². The average molecular weight is 440 g/mol. The van der Waals surface area contributed by atoms with E-state index in [2.05, 4.69) is 10.3 Å². The van der Waals surface area contributed by atoms with Crippen molar-refractivity contribution in [3.8, 4) is 5.88 Å². The van der Waals surface area contributed by atoms with Crippen LogP contribution in [0.1, 0.15) is 29.0 Å². The molecule has 1 fully saturated rings. The van der Waals surface area contributed by atoms with Crippen LogP contribution in [0.25, 0.3) is 0 Å². The maximum Gasteiger partial charge on any atom is 0.212 e. The van der Waals surface area contributed by atoms with Gasteiger partial charge >= 0.3 is 0 Å². The minimum absolute atomic E-state index is 0.240. The summed E-state index contributed by atoms with van der Waals surface area (Å²) in [7, 11) is 1.57. The number of methoxy groups -OCH3 is 1. The molecule has 0 radical (unpaired) electrons. The van der Waals surface area contributed by atoms with Gasteiger partial charge in [0.05, 0.1) is 32.0 Å². The fourth-order valence-electron chi connectivity index (χ4n) is 4.08. The lowest BCUT2D eigenvalue weighted by Gasteiger charge is -2.38. The Labute approximate surface area is 186 Å². The van der Waals surface area contributed by atoms with Crippen LogP contribution in [-0.2, 0) is 11.3 Å². The lowest BCUT2D eigenvalue weighted by molar-refractivity contribution is -0.0718. The largest absolute Gasteiger partial charge is 0.481 e. The zero-order chi connectivity index (χ0) is 22.5. The number of aliphatic hydroxyl groups is 1. The molecule has 5 nitrogen and oxygen atoms in total. The highest BCUT2D eigenvalue weighted by molar-refractivity contribution is 5.34. The third kappa shape index (κ3) is 5.30. The first-order chi connectivity index (χ1) is 15.5. The van der Waals surface area contributed by atoms with E-state index in [0.29, 0.717) is 25.5 Å². The molecule has 7 heteroatoms. The second-order valence-electron chi connectivity index (χ2n) is 7.95. The van der Waals surface area contributed by atoms with Crippen molar-refractivity contribution >= 4 is 0 Å². The lowest BCUT2D eigenvalue weighted by atomic mass is 9.82. The number of rotatable bonds is 7. The van der Waals surface area contributed by atoms with E-state index in [1.165, 1.54) is 24.3 Å². The van der Waals surface area contributed by atoms with Gasteiger partial charge in [0.15, 0.2) is 0 Å². The number of nitrogens with zero attached hydrogens (tertiary/aromatic N) is 1. The first-order valence-electron chi connectivity index (χ1n) is 10.6. The van der Waals surface area contributed by atoms with Crippen LogP contribution < -0.4 is 10.1 Å². The number of hydrogen-bond donors (Lipinski definition) is 2. The molecular formula is C25H26F2N2O3. The van der Waals surface area contributed by atoms with Gasteiger partial charge in [-0.2, -0.15) is 0 Å². The van der Waals surface area contributed by atoms with Gasteiger partial charge < -0.3 is 19.9 Å². The van der Waals surface area contributed by atoms with Crippen molar-refractivity contribution in [3.63, 3.8) is 0 Å². The smallest absolute Gasteiger partial charge is 0.212 e. The van der Waals surface area contributed by atoms with Crippen LogP contribution in [-0.4, -0.2) is 42.1 Å². The topological polar surface area (TPSA) is 63.6 Å². The van der Waals surface area contributed by atoms with Crippen LogP contribution in [0.2, 0.25) is 0 Å². The summed E-state index contributed by atoms with van der Waals surface area (Å²) in [5, 5.41) is 14.2. The third-order valence-corrected chi connectivity index (χ3v) is 5.83. The molecule has 3 atom stereocenters. The fourth-order valence-corrected chi connectivity index (χ4v) is 4.08. The molecule has 2 N–H and O–H groups in total. The molecule has 0 aliphatic carbocycles. The molecule has 1 aromatic heterocycles. The molecule has 0 bridgehead atoms. The predicted octanol–water partition coefficient (Wildman–Crippen LogP) is 3.81. The SMILES string of the molecule is COc1ccc(CN[C@@H]2CO[C@H](C(c3ccc(F)cc3)c3ccc(F)cc3)C[C@H]2O)cn1. The number of aliphatic hydroxyl groups excluding tert-OH is 1. The molecule has 0 amide bonds. The van der Waals surface area contributed by atoms with Crippen molar-refractivity contribution in [2.75, 3.05) is 13.7 Å². The highest BCUT2D eigenvalue weighted by Gasteiger charge is 2.35. The zero-order valence-corrected chi connectivity index (χ0v) is 17.7. The molecule has 2 aromatic carbocycles. The zero-order valence-electron chi connectivity index (χ0n) is 17.7. The highest BCUT2D eigenvalue weighted by atomic mass is 19.1. The van der Waals surface area contributed by atoms with E-state index in [0.717, 1.165) is 16.7 Å². The summed E-state index contributed by atoms with van der Waals surface area (Å²) in [6.07, 6.45) is 1.15. The average Bonchev–Trinajstić information content (AvgIpc) is 2.81. The van der Waals surface area contributed by atoms with Crippen LogP contribution in [0.5, 0.6) is 5.88 Å². The number of hydrogen-bond acceptors (Lipinski definition) is 5. The van der Waals surface area contributed by atoms with Crippen LogP contribution in [0.3, 0.4) is 0 Å². The first kappa shape index (κ1) is 22.3. The van der Waals surface area contributed by atoms with Crippen molar-refractivity contribution < 1.29 is 23.4 Å². The van der Waals surface area contributed by atoms with Crippen LogP contribution >= 0.6 is 0 Å². The minimum atomic E-state index is -0.636. The summed E-state index contributed by atoms with van der Waals surface area (Å²) in [5.74, 6) is -0.357. The lowest BCUT2D eigenvalue weighted by Crippen LogP contribution is -2.50. The van der Waals surface area contributed by atoms with Crippen molar-refractivity contribution in [3.05, 3.63) is 95.2 Å². The van der Waals surface area contributed by atoms with E-state index >= 15 is 0 Å². The third-order valence-electron chi connectivity index (χ3n) is 5.83. The molecule has 3 aromatic rings. The van der Waals surface area contributed by atoms with Gasteiger partial charge in [-0.25, -0.2) is 13.8 Å². The molecule has 0 spiro atoms. The number of aromatic nitrogens is 1. The molecule has 168 valence electrons. The van der Waals surface area contributed by atoms with Crippen molar-refractivity contribution in [1.29, 1.82) is 0 Å². The second kappa shape index (κ2) is 10.2. The molecule has 0 unspecified atom stereocenters. The van der Waals surface area contributed by atoms with Gasteiger partial charge in [0.25, 0.3) is 0 Å². The van der Waals surface area contributed by atoms with Crippen LogP contribution in [0, 0.1) is 11.6 Å². The Kier molecular flexibility index (Phi) is 7.09. The van der Waals surface area contributed by atoms with E-state index in [4.69, 9.17) is 9.47 Å². The van der Waals surface area contributed by atoms with Crippen LogP contribution in [0.4, 0.5) is 8.78 Å². The van der Waals surface area contributed by atoms with Gasteiger partial charge in [-0.3, -0.25) is 0 Å². The molecule has 2 heterocycles. The van der Waals surface area contributed by atoms with Crippen LogP contribution in [0.15, 0.2) is 66.9 Å². The normalized spacial score (nSPS) is 21.0. The summed E-state index contributed by atoms with van der Waals surface area (Å²) in [6.45, 7) is 0.848. The molecule has 0 saturated carbocycles. The summed E-state index contributed by atoms with van der Waals surface area (Å²) in [6, 6.07) is 15.9. The summed E-state index contributed by atoms with van der Waals surface area (Å²) < 4.78 is 38.2. The van der Waals surface area contributed by atoms with Crippen molar-refractivity contribution in [2.45, 2.75) is 37.1 Å². The van der Waals surface area contributed by atoms with Gasteiger partial charge in [0.2, 0.25) is 5.88 Å². The quantitative estimate of drug-likeness (QED) is 0.585. The van der Waals surface area contributed by atoms with Crippen molar-refractivity contribution in [2.24, 2.45) is 0 Å². The molecule has 4 rings (SSSR count). The number of nitrogens with one attached hydrogen (secondary N) is 1. The number of pyridine rings is 1. The van der Waals surface area contributed by atoms with Gasteiger partial charge in [-0.1, -0.05) is 30.3 Å². The maximum atomic E-state index is 13.5. The van der Waals surface area contributed by atoms with E-state index < -0.39 is 6.10 Å². The Morgan fingerprint density at radius 2 is 1.66 bits per heavy atom. The first-order valence-corrected chi connectivity index (χ1v) is 10.6. The molecule has 1 saturated heterocycles. The number of halogens is 2. The number of benzene rings is 2. The minimum Gasteiger partial charge on any atom is -0.481 e. The Balaban J connectivity index is 1.45. The summed E-state index contributed by atoms with van der Waals surface area (Å²) in [4.78, 5) is 4.19. The molecule has 32 heavy (non-hydrogen) atoms. The Morgan fingerprint density at radius 3 is 2.16 bits per heavy atom. The summed E-state index contributed by atoms with van der Waals surface area (Å²) >= 11 is 0. The van der Waals surface area contributed by atoms with Crippen molar-refractivity contribution in [1.82, 2.24) is 10.3 Å². The highest BCUT2D eigenvalue weighted by Crippen LogP contribution is 2.35. The monoisotopic (exact) mass is 440 g/mol. The maximum absolute atomic E-state index is 13.5. The Morgan fingerprint density at radius 1 is 1.03 bits per heavy atom. The summed E-state index contributed by atoms with van der Waals surface area (Å²) in [5.41, 5.74) is 2.67. The second-order valence-corrected chi connectivity index (χ2v) is 7.95. The van der Waals surface area contributed by atoms with E-state index in [-0.39, 0.29) is 29.7 Å². The molecular weight excluding hydrogens is 414 g/mol. The van der Waals surface area contributed by atoms with Gasteiger partial charge in [-0.05, 0) is 41.0 Å². The van der Waals surface area contributed by atoms with Gasteiger partial charge in [0, 0.05) is 31.1 Å². The Bertz CT molecular complexity index is 952. The predicted molar refractivity (Wildman–Crippen MR) is 116 cm³/mol. The fraction of sp³-hybridized carbons (Fsp3) is 0.320.